The van der Waals surface area contributed by atoms with Crippen molar-refractivity contribution in [3.8, 4) is 17.0 Å². The molecule has 2 rings (SSSR count). The molecule has 0 aliphatic heterocycles. The molecule has 0 spiro atoms. The Morgan fingerprint density at radius 2 is 2.12 bits per heavy atom. The molecule has 86 valence electrons. The van der Waals surface area contributed by atoms with Gasteiger partial charge in [0.05, 0.1) is 5.69 Å². The number of nitrogens with zero attached hydrogens (tertiary/aromatic N) is 2. The average Bonchev–Trinajstić information content (AvgIpc) is 2.52. The molecular formula is C13H12N2O2. The second-order valence-electron chi connectivity index (χ2n) is 3.59. The monoisotopic (exact) mass is 228 g/mol. The molecule has 17 heavy (non-hydrogen) atoms. The Balaban J connectivity index is 2.57. The van der Waals surface area contributed by atoms with Gasteiger partial charge in [0.25, 0.3) is 0 Å². The standard InChI is InChI=1S/C13H12N2O2/c1-2-13-14-7-6-10(15-13)9-4-3-5-11(16)12(17)8-9/h3-8H,2H2,1H3,(H,16,17). The van der Waals surface area contributed by atoms with Gasteiger partial charge in [-0.15, -0.1) is 0 Å². The summed E-state index contributed by atoms with van der Waals surface area (Å²) in [4.78, 5) is 19.9. The van der Waals surface area contributed by atoms with Crippen molar-refractivity contribution in [2.45, 2.75) is 13.3 Å². The van der Waals surface area contributed by atoms with Crippen molar-refractivity contribution in [2.24, 2.45) is 0 Å². The van der Waals surface area contributed by atoms with Gasteiger partial charge in [0, 0.05) is 18.2 Å². The number of rotatable bonds is 2. The minimum atomic E-state index is -0.415. The molecular weight excluding hydrogens is 216 g/mol. The van der Waals surface area contributed by atoms with Gasteiger partial charge in [-0.05, 0) is 18.2 Å². The van der Waals surface area contributed by atoms with Crippen LogP contribution in [0.4, 0.5) is 0 Å². The van der Waals surface area contributed by atoms with E-state index in [-0.39, 0.29) is 5.75 Å². The van der Waals surface area contributed by atoms with Crippen LogP contribution in [0.15, 0.2) is 41.3 Å². The van der Waals surface area contributed by atoms with Crippen LogP contribution in [0.1, 0.15) is 12.7 Å². The van der Waals surface area contributed by atoms with Gasteiger partial charge in [0.1, 0.15) is 5.82 Å². The van der Waals surface area contributed by atoms with Crippen LogP contribution in [-0.4, -0.2) is 15.1 Å². The molecule has 0 saturated carbocycles. The second-order valence-corrected chi connectivity index (χ2v) is 3.59. The average molecular weight is 228 g/mol. The summed E-state index contributed by atoms with van der Waals surface area (Å²) in [6.07, 6.45) is 2.40. The Kier molecular flexibility index (Phi) is 3.14. The highest BCUT2D eigenvalue weighted by Gasteiger charge is 2.02. The van der Waals surface area contributed by atoms with Gasteiger partial charge in [-0.3, -0.25) is 4.79 Å². The first-order chi connectivity index (χ1) is 8.20. The fourth-order valence-electron chi connectivity index (χ4n) is 1.48. The molecule has 4 heteroatoms. The van der Waals surface area contributed by atoms with Crippen molar-refractivity contribution in [3.05, 3.63) is 52.6 Å². The molecule has 1 aromatic heterocycles. The molecule has 0 aliphatic carbocycles. The highest BCUT2D eigenvalue weighted by atomic mass is 16.3. The summed E-state index contributed by atoms with van der Waals surface area (Å²) in [5.41, 5.74) is 0.943. The first-order valence-corrected chi connectivity index (χ1v) is 5.36. The Bertz CT molecular complexity index is 597. The molecule has 0 bridgehead atoms. The van der Waals surface area contributed by atoms with Crippen LogP contribution < -0.4 is 5.43 Å². The van der Waals surface area contributed by atoms with Crippen molar-refractivity contribution < 1.29 is 5.11 Å². The number of hydrogen-bond acceptors (Lipinski definition) is 4. The summed E-state index contributed by atoms with van der Waals surface area (Å²) >= 11 is 0. The van der Waals surface area contributed by atoms with E-state index in [2.05, 4.69) is 9.97 Å². The minimum absolute atomic E-state index is 0.263. The van der Waals surface area contributed by atoms with Crippen molar-refractivity contribution in [1.29, 1.82) is 0 Å². The first-order valence-electron chi connectivity index (χ1n) is 5.36. The molecule has 4 nitrogen and oxygen atoms in total. The number of aromatic nitrogens is 2. The zero-order valence-corrected chi connectivity index (χ0v) is 9.42. The SMILES string of the molecule is CCc1nccc(-c2cccc(O)c(=O)c2)n1. The number of hydrogen-bond donors (Lipinski definition) is 1. The molecule has 0 radical (unpaired) electrons. The quantitative estimate of drug-likeness (QED) is 0.850. The lowest BCUT2D eigenvalue weighted by Crippen LogP contribution is -1.96. The van der Waals surface area contributed by atoms with Crippen LogP contribution in [0.3, 0.4) is 0 Å². The van der Waals surface area contributed by atoms with Gasteiger partial charge in [-0.1, -0.05) is 19.1 Å². The van der Waals surface area contributed by atoms with Crippen LogP contribution in [0.2, 0.25) is 0 Å². The van der Waals surface area contributed by atoms with Crippen molar-refractivity contribution in [2.75, 3.05) is 0 Å². The van der Waals surface area contributed by atoms with E-state index in [1.165, 1.54) is 12.1 Å². The van der Waals surface area contributed by atoms with Gasteiger partial charge >= 0.3 is 0 Å². The third kappa shape index (κ3) is 2.47. The van der Waals surface area contributed by atoms with E-state index in [1.54, 1.807) is 24.4 Å². The van der Waals surface area contributed by atoms with E-state index in [4.69, 9.17) is 0 Å². The maximum atomic E-state index is 11.5. The molecule has 0 amide bonds. The zero-order chi connectivity index (χ0) is 12.3. The van der Waals surface area contributed by atoms with E-state index < -0.39 is 5.43 Å². The number of aromatic hydroxyl groups is 1. The summed E-state index contributed by atoms with van der Waals surface area (Å²) in [7, 11) is 0. The van der Waals surface area contributed by atoms with E-state index in [0.717, 1.165) is 12.2 Å². The maximum Gasteiger partial charge on any atom is 0.220 e. The van der Waals surface area contributed by atoms with Crippen LogP contribution in [0.5, 0.6) is 5.75 Å². The van der Waals surface area contributed by atoms with Crippen LogP contribution in [0.25, 0.3) is 11.3 Å². The Morgan fingerprint density at radius 3 is 2.88 bits per heavy atom. The lowest BCUT2D eigenvalue weighted by atomic mass is 10.2. The molecule has 0 unspecified atom stereocenters. The Morgan fingerprint density at radius 1 is 1.29 bits per heavy atom. The summed E-state index contributed by atoms with van der Waals surface area (Å²) in [5, 5.41) is 9.31. The smallest absolute Gasteiger partial charge is 0.220 e. The van der Waals surface area contributed by atoms with Gasteiger partial charge < -0.3 is 5.11 Å². The minimum Gasteiger partial charge on any atom is -0.504 e. The lowest BCUT2D eigenvalue weighted by molar-refractivity contribution is 0.471. The summed E-state index contributed by atoms with van der Waals surface area (Å²) in [6, 6.07) is 7.85. The van der Waals surface area contributed by atoms with E-state index in [0.29, 0.717) is 11.3 Å². The molecule has 0 atom stereocenters. The molecule has 1 heterocycles. The lowest BCUT2D eigenvalue weighted by Gasteiger charge is -1.99. The summed E-state index contributed by atoms with van der Waals surface area (Å²) in [5.74, 6) is 0.465. The third-order valence-corrected chi connectivity index (χ3v) is 2.39. The van der Waals surface area contributed by atoms with Gasteiger partial charge in [-0.2, -0.15) is 0 Å². The number of aryl methyl sites for hydroxylation is 1. The second kappa shape index (κ2) is 4.74. The molecule has 0 saturated heterocycles. The van der Waals surface area contributed by atoms with Gasteiger partial charge in [0.15, 0.2) is 5.75 Å². The Hall–Kier alpha value is -2.23. The van der Waals surface area contributed by atoms with E-state index in [9.17, 15) is 9.90 Å². The molecule has 2 aromatic rings. The predicted molar refractivity (Wildman–Crippen MR) is 64.8 cm³/mol. The molecule has 1 aromatic carbocycles. The predicted octanol–water partition coefficient (Wildman–Crippen LogP) is 1.77. The highest BCUT2D eigenvalue weighted by Crippen LogP contribution is 2.15. The van der Waals surface area contributed by atoms with Crippen molar-refractivity contribution in [1.82, 2.24) is 9.97 Å². The van der Waals surface area contributed by atoms with Gasteiger partial charge in [-0.25, -0.2) is 9.97 Å². The van der Waals surface area contributed by atoms with Crippen molar-refractivity contribution >= 4 is 0 Å². The van der Waals surface area contributed by atoms with E-state index >= 15 is 0 Å². The fraction of sp³-hybridized carbons (Fsp3) is 0.154. The summed E-state index contributed by atoms with van der Waals surface area (Å²) < 4.78 is 0. The third-order valence-electron chi connectivity index (χ3n) is 2.39. The van der Waals surface area contributed by atoms with Crippen LogP contribution in [-0.2, 0) is 6.42 Å². The summed E-state index contributed by atoms with van der Waals surface area (Å²) in [6.45, 7) is 1.97. The molecule has 0 fully saturated rings. The maximum absolute atomic E-state index is 11.5. The topological polar surface area (TPSA) is 63.1 Å². The van der Waals surface area contributed by atoms with Gasteiger partial charge in [0.2, 0.25) is 5.43 Å². The zero-order valence-electron chi connectivity index (χ0n) is 9.42. The molecule has 1 N–H and O–H groups in total. The largest absolute Gasteiger partial charge is 0.504 e. The molecule has 0 aliphatic rings. The van der Waals surface area contributed by atoms with Crippen LogP contribution in [0, 0.1) is 0 Å². The van der Waals surface area contributed by atoms with Crippen LogP contribution >= 0.6 is 0 Å². The Labute approximate surface area is 98.6 Å². The van der Waals surface area contributed by atoms with E-state index in [1.807, 2.05) is 6.92 Å². The normalized spacial score (nSPS) is 10.2. The first kappa shape index (κ1) is 11.3. The van der Waals surface area contributed by atoms with Crippen molar-refractivity contribution in [3.63, 3.8) is 0 Å². The fourth-order valence-corrected chi connectivity index (χ4v) is 1.48. The highest BCUT2D eigenvalue weighted by molar-refractivity contribution is 5.58.